The second kappa shape index (κ2) is 22.8. The lowest BCUT2D eigenvalue weighted by molar-refractivity contribution is -0.141. The number of hydrogen-bond donors (Lipinski definition) is 6. The summed E-state index contributed by atoms with van der Waals surface area (Å²) in [5.41, 5.74) is 2.06. The van der Waals surface area contributed by atoms with Crippen LogP contribution in [-0.2, 0) is 32.3 Å². The van der Waals surface area contributed by atoms with Gasteiger partial charge in [-0.25, -0.2) is 14.4 Å². The molecule has 2 rings (SSSR count). The van der Waals surface area contributed by atoms with E-state index in [1.54, 1.807) is 0 Å². The van der Waals surface area contributed by atoms with Gasteiger partial charge in [0.05, 0.1) is 11.4 Å². The topological polar surface area (TPSA) is 211 Å². The zero-order valence-electron chi connectivity index (χ0n) is 26.8. The highest BCUT2D eigenvalue weighted by atomic mass is 16.4. The Kier molecular flexibility index (Phi) is 18.8. The number of urea groups is 1. The van der Waals surface area contributed by atoms with Gasteiger partial charge in [0.15, 0.2) is 0 Å². The highest BCUT2D eigenvalue weighted by molar-refractivity contribution is 5.86. The fourth-order valence-corrected chi connectivity index (χ4v) is 4.91. The Balaban J connectivity index is 1.54. The lowest BCUT2D eigenvalue weighted by Crippen LogP contribution is -2.51. The molecular weight excluding hydrogens is 608 g/mol. The second-order valence-corrected chi connectivity index (χ2v) is 11.4. The number of pyridine rings is 2. The van der Waals surface area contributed by atoms with Crippen LogP contribution in [0.1, 0.15) is 88.4 Å². The summed E-state index contributed by atoms with van der Waals surface area (Å²) < 4.78 is 0. The summed E-state index contributed by atoms with van der Waals surface area (Å²) in [6.07, 6.45) is 10.1. The van der Waals surface area contributed by atoms with Crippen LogP contribution in [0.25, 0.3) is 0 Å². The van der Waals surface area contributed by atoms with E-state index < -0.39 is 42.4 Å². The first-order valence-electron chi connectivity index (χ1n) is 16.2. The molecule has 6 N–H and O–H groups in total. The molecule has 0 fully saturated rings. The Morgan fingerprint density at radius 2 is 1.21 bits per heavy atom. The minimum Gasteiger partial charge on any atom is -0.481 e. The van der Waals surface area contributed by atoms with Crippen molar-refractivity contribution < 1.29 is 39.3 Å². The quantitative estimate of drug-likeness (QED) is 0.0851. The van der Waals surface area contributed by atoms with Crippen LogP contribution in [0.15, 0.2) is 48.8 Å². The lowest BCUT2D eigenvalue weighted by Gasteiger charge is -2.21. The third-order valence-corrected chi connectivity index (χ3v) is 7.45. The molecule has 2 aromatic rings. The minimum absolute atomic E-state index is 0.0143. The molecule has 14 heteroatoms. The van der Waals surface area contributed by atoms with Gasteiger partial charge >= 0.3 is 23.9 Å². The maximum atomic E-state index is 12.2. The van der Waals surface area contributed by atoms with Crippen molar-refractivity contribution in [3.63, 3.8) is 0 Å². The molecule has 2 heterocycles. The number of amides is 3. The van der Waals surface area contributed by atoms with Crippen molar-refractivity contribution in [2.75, 3.05) is 13.1 Å². The number of carboxylic acid groups (broad SMARTS) is 3. The maximum Gasteiger partial charge on any atom is 0.326 e. The number of aromatic nitrogens is 2. The summed E-state index contributed by atoms with van der Waals surface area (Å²) in [6.45, 7) is 2.93. The third kappa shape index (κ3) is 18.2. The number of carbonyl (C=O) groups excluding carboxylic acids is 2. The first-order valence-corrected chi connectivity index (χ1v) is 16.2. The highest BCUT2D eigenvalue weighted by Crippen LogP contribution is 2.11. The van der Waals surface area contributed by atoms with Crippen LogP contribution in [0.5, 0.6) is 0 Å². The average Bonchev–Trinajstić information content (AvgIpc) is 3.04. The lowest BCUT2D eigenvalue weighted by atomic mass is 10.1. The van der Waals surface area contributed by atoms with E-state index in [1.165, 1.54) is 0 Å². The van der Waals surface area contributed by atoms with Gasteiger partial charge in [-0.05, 0) is 62.9 Å². The summed E-state index contributed by atoms with van der Waals surface area (Å²) in [5.74, 6) is -3.91. The van der Waals surface area contributed by atoms with Crippen molar-refractivity contribution >= 4 is 29.8 Å². The summed E-state index contributed by atoms with van der Waals surface area (Å²) >= 11 is 0. The van der Waals surface area contributed by atoms with Crippen molar-refractivity contribution in [2.45, 2.75) is 102 Å². The molecule has 2 unspecified atom stereocenters. The van der Waals surface area contributed by atoms with E-state index in [0.29, 0.717) is 32.2 Å². The molecule has 47 heavy (non-hydrogen) atoms. The Morgan fingerprint density at radius 1 is 0.660 bits per heavy atom. The van der Waals surface area contributed by atoms with E-state index in [4.69, 9.17) is 10.2 Å². The van der Waals surface area contributed by atoms with Gasteiger partial charge < -0.3 is 31.3 Å². The minimum atomic E-state index is -1.45. The van der Waals surface area contributed by atoms with Crippen LogP contribution in [0, 0.1) is 0 Å². The number of nitrogens with one attached hydrogen (secondary N) is 3. The van der Waals surface area contributed by atoms with Gasteiger partial charge in [-0.15, -0.1) is 0 Å². The molecule has 0 spiro atoms. The summed E-state index contributed by atoms with van der Waals surface area (Å²) in [7, 11) is 0. The van der Waals surface area contributed by atoms with Crippen LogP contribution >= 0.6 is 0 Å². The summed E-state index contributed by atoms with van der Waals surface area (Å²) in [4.78, 5) is 69.0. The molecule has 0 bridgehead atoms. The van der Waals surface area contributed by atoms with E-state index in [9.17, 15) is 29.1 Å². The molecule has 2 aromatic heterocycles. The van der Waals surface area contributed by atoms with E-state index in [-0.39, 0.29) is 18.7 Å². The fraction of sp³-hybridized carbons (Fsp3) is 0.545. The van der Waals surface area contributed by atoms with Crippen molar-refractivity contribution in [1.82, 2.24) is 30.8 Å². The number of unbranched alkanes of at least 4 members (excludes halogenated alkanes) is 6. The molecule has 0 aliphatic carbocycles. The number of hydrogen-bond acceptors (Lipinski definition) is 8. The number of rotatable bonds is 25. The van der Waals surface area contributed by atoms with Crippen LogP contribution in [0.4, 0.5) is 4.79 Å². The average molecular weight is 657 g/mol. The van der Waals surface area contributed by atoms with E-state index in [1.807, 2.05) is 48.8 Å². The Bertz CT molecular complexity index is 1190. The van der Waals surface area contributed by atoms with Crippen LogP contribution in [0.3, 0.4) is 0 Å². The summed E-state index contributed by atoms with van der Waals surface area (Å²) in [5, 5.41) is 34.5. The van der Waals surface area contributed by atoms with Crippen LogP contribution in [-0.4, -0.2) is 85.2 Å². The van der Waals surface area contributed by atoms with Gasteiger partial charge in [0.2, 0.25) is 5.91 Å². The molecule has 0 saturated heterocycles. The Morgan fingerprint density at radius 3 is 1.77 bits per heavy atom. The Labute approximate surface area is 275 Å². The molecule has 2 atom stereocenters. The standard InChI is InChI=1S/C33H48N6O8/c40-29(36-21-9-4-5-15-27(31(43)44)37-33(47)38-28(32(45)46)17-18-30(41)42)16-6-2-1-3-12-22-39(23-25-13-7-10-19-34-25)24-26-14-8-11-20-35-26/h7-8,10-11,13-14,19-20,27-28H,1-6,9,12,15-18,21-24H2,(H,36,40)(H,41,42)(H,43,44)(H,45,46)(H2,37,38,47). The van der Waals surface area contributed by atoms with E-state index >= 15 is 0 Å². The van der Waals surface area contributed by atoms with Gasteiger partial charge in [0, 0.05) is 44.9 Å². The molecule has 3 amide bonds. The summed E-state index contributed by atoms with van der Waals surface area (Å²) in [6, 6.07) is 8.20. The molecule has 0 saturated carbocycles. The van der Waals surface area contributed by atoms with Crippen molar-refractivity contribution in [3.05, 3.63) is 60.2 Å². The van der Waals surface area contributed by atoms with E-state index in [2.05, 4.69) is 30.8 Å². The predicted octanol–water partition coefficient (Wildman–Crippen LogP) is 3.57. The fourth-order valence-electron chi connectivity index (χ4n) is 4.91. The molecular formula is C33H48N6O8. The maximum absolute atomic E-state index is 12.2. The number of carboxylic acids is 3. The molecule has 0 aliphatic rings. The van der Waals surface area contributed by atoms with Crippen molar-refractivity contribution in [1.29, 1.82) is 0 Å². The number of nitrogens with zero attached hydrogens (tertiary/aromatic N) is 3. The molecule has 0 aliphatic heterocycles. The van der Waals surface area contributed by atoms with Gasteiger partial charge in [-0.3, -0.25) is 24.5 Å². The largest absolute Gasteiger partial charge is 0.481 e. The first-order chi connectivity index (χ1) is 22.6. The van der Waals surface area contributed by atoms with Crippen molar-refractivity contribution in [2.24, 2.45) is 0 Å². The molecule has 258 valence electrons. The molecule has 14 nitrogen and oxygen atoms in total. The van der Waals surface area contributed by atoms with Gasteiger partial charge in [-0.1, -0.05) is 44.2 Å². The molecule has 0 aromatic carbocycles. The van der Waals surface area contributed by atoms with Crippen LogP contribution in [0.2, 0.25) is 0 Å². The first kappa shape index (κ1) is 38.6. The van der Waals surface area contributed by atoms with Gasteiger partial charge in [-0.2, -0.15) is 0 Å². The van der Waals surface area contributed by atoms with E-state index in [0.717, 1.165) is 63.1 Å². The monoisotopic (exact) mass is 656 g/mol. The second-order valence-electron chi connectivity index (χ2n) is 11.4. The zero-order chi connectivity index (χ0) is 34.3. The third-order valence-electron chi connectivity index (χ3n) is 7.45. The van der Waals surface area contributed by atoms with Gasteiger partial charge in [0.1, 0.15) is 12.1 Å². The number of carbonyl (C=O) groups is 5. The van der Waals surface area contributed by atoms with Gasteiger partial charge in [0.25, 0.3) is 0 Å². The SMILES string of the molecule is O=C(O)CCC(NC(=O)NC(CCCCCNC(=O)CCCCCCCN(Cc1ccccn1)Cc1ccccn1)C(=O)O)C(=O)O. The zero-order valence-corrected chi connectivity index (χ0v) is 26.8. The molecule has 0 radical (unpaired) electrons. The smallest absolute Gasteiger partial charge is 0.326 e. The predicted molar refractivity (Wildman–Crippen MR) is 173 cm³/mol. The highest BCUT2D eigenvalue weighted by Gasteiger charge is 2.24. The Hall–Kier alpha value is -4.59. The number of aliphatic carboxylic acids is 3. The van der Waals surface area contributed by atoms with Crippen LogP contribution < -0.4 is 16.0 Å². The normalized spacial score (nSPS) is 12.2. The van der Waals surface area contributed by atoms with Crippen molar-refractivity contribution in [3.8, 4) is 0 Å².